The molecule has 0 bridgehead atoms. The highest BCUT2D eigenvalue weighted by molar-refractivity contribution is 5.93. The van der Waals surface area contributed by atoms with Crippen molar-refractivity contribution in [1.82, 2.24) is 0 Å². The standard InChI is InChI=1S/C22H23NO5.C2H6/c1-4-26-20(24)11-16-5-6-17(22(23)25)10-19(16)27-12-15-7-13(2)21-18(9-15)8-14(3)28-21;1-2/h5-10H,4,11-12H2,1-3H3,(H2,23,25);1-2H3. The van der Waals surface area contributed by atoms with E-state index in [9.17, 15) is 9.59 Å². The lowest BCUT2D eigenvalue weighted by molar-refractivity contribution is -0.142. The van der Waals surface area contributed by atoms with Crippen LogP contribution in [-0.4, -0.2) is 18.5 Å². The molecule has 0 fully saturated rings. The maximum absolute atomic E-state index is 11.9. The van der Waals surface area contributed by atoms with Crippen LogP contribution in [0.25, 0.3) is 11.0 Å². The molecule has 1 heterocycles. The largest absolute Gasteiger partial charge is 0.489 e. The fourth-order valence-corrected chi connectivity index (χ4v) is 3.13. The highest BCUT2D eigenvalue weighted by Crippen LogP contribution is 2.27. The highest BCUT2D eigenvalue weighted by atomic mass is 16.5. The molecule has 160 valence electrons. The van der Waals surface area contributed by atoms with Gasteiger partial charge in [0, 0.05) is 16.5 Å². The normalized spacial score (nSPS) is 10.3. The lowest BCUT2D eigenvalue weighted by atomic mass is 10.1. The predicted molar refractivity (Wildman–Crippen MR) is 117 cm³/mol. The molecule has 0 saturated carbocycles. The zero-order valence-electron chi connectivity index (χ0n) is 18.2. The molecule has 1 aromatic heterocycles. The SMILES string of the molecule is CC.CCOC(=O)Cc1ccc(C(N)=O)cc1OCc1cc(C)c2oc(C)cc2c1. The minimum atomic E-state index is -0.557. The molecular weight excluding hydrogens is 382 g/mol. The summed E-state index contributed by atoms with van der Waals surface area (Å²) in [6.07, 6.45) is 0.0567. The molecule has 3 rings (SSSR count). The lowest BCUT2D eigenvalue weighted by Gasteiger charge is -2.13. The van der Waals surface area contributed by atoms with E-state index in [1.54, 1.807) is 25.1 Å². The van der Waals surface area contributed by atoms with Crippen molar-refractivity contribution in [3.05, 3.63) is 64.4 Å². The number of hydrogen-bond donors (Lipinski definition) is 1. The van der Waals surface area contributed by atoms with Gasteiger partial charge in [0.1, 0.15) is 23.7 Å². The zero-order valence-corrected chi connectivity index (χ0v) is 18.2. The van der Waals surface area contributed by atoms with E-state index in [0.717, 1.165) is 27.9 Å². The van der Waals surface area contributed by atoms with Crippen molar-refractivity contribution in [3.63, 3.8) is 0 Å². The summed E-state index contributed by atoms with van der Waals surface area (Å²) in [7, 11) is 0. The Bertz CT molecular complexity index is 1040. The van der Waals surface area contributed by atoms with Gasteiger partial charge in [-0.25, -0.2) is 0 Å². The van der Waals surface area contributed by atoms with Gasteiger partial charge in [-0.1, -0.05) is 19.9 Å². The monoisotopic (exact) mass is 411 g/mol. The first-order valence-corrected chi connectivity index (χ1v) is 10.1. The van der Waals surface area contributed by atoms with E-state index in [1.807, 2.05) is 45.9 Å². The van der Waals surface area contributed by atoms with Gasteiger partial charge >= 0.3 is 5.97 Å². The van der Waals surface area contributed by atoms with Crippen LogP contribution in [0.5, 0.6) is 5.75 Å². The summed E-state index contributed by atoms with van der Waals surface area (Å²) in [4.78, 5) is 23.4. The summed E-state index contributed by atoms with van der Waals surface area (Å²) in [6.45, 7) is 10.2. The summed E-state index contributed by atoms with van der Waals surface area (Å²) in [5.74, 6) is 0.372. The van der Waals surface area contributed by atoms with Crippen LogP contribution in [-0.2, 0) is 22.6 Å². The number of esters is 1. The lowest BCUT2D eigenvalue weighted by Crippen LogP contribution is -2.13. The van der Waals surface area contributed by atoms with Crippen molar-refractivity contribution in [1.29, 1.82) is 0 Å². The van der Waals surface area contributed by atoms with Crippen LogP contribution in [0.15, 0.2) is 40.8 Å². The molecule has 0 unspecified atom stereocenters. The topological polar surface area (TPSA) is 91.8 Å². The number of aryl methyl sites for hydroxylation is 2. The third-order valence-electron chi connectivity index (χ3n) is 4.37. The Hall–Kier alpha value is -3.28. The summed E-state index contributed by atoms with van der Waals surface area (Å²) in [6, 6.07) is 10.8. The summed E-state index contributed by atoms with van der Waals surface area (Å²) < 4.78 is 16.7. The number of carbonyl (C=O) groups excluding carboxylic acids is 2. The third-order valence-corrected chi connectivity index (χ3v) is 4.37. The predicted octanol–water partition coefficient (Wildman–Crippen LogP) is 4.86. The first-order valence-electron chi connectivity index (χ1n) is 10.1. The first kappa shape index (κ1) is 23.0. The molecule has 3 aromatic rings. The van der Waals surface area contributed by atoms with Crippen LogP contribution in [0.4, 0.5) is 0 Å². The molecule has 0 aliphatic heterocycles. The maximum Gasteiger partial charge on any atom is 0.310 e. The number of nitrogens with two attached hydrogens (primary N) is 1. The Labute approximate surface area is 177 Å². The molecule has 0 atom stereocenters. The van der Waals surface area contributed by atoms with E-state index in [-0.39, 0.29) is 19.0 Å². The minimum absolute atomic E-state index is 0.0567. The average Bonchev–Trinajstić information content (AvgIpc) is 3.09. The van der Waals surface area contributed by atoms with Crippen molar-refractivity contribution >= 4 is 22.8 Å². The molecule has 30 heavy (non-hydrogen) atoms. The molecule has 0 aliphatic rings. The Morgan fingerprint density at radius 2 is 1.80 bits per heavy atom. The van der Waals surface area contributed by atoms with Gasteiger partial charge in [0.15, 0.2) is 0 Å². The second-order valence-corrected chi connectivity index (χ2v) is 6.65. The van der Waals surface area contributed by atoms with Gasteiger partial charge < -0.3 is 19.6 Å². The van der Waals surface area contributed by atoms with Gasteiger partial charge in [0.05, 0.1) is 13.0 Å². The van der Waals surface area contributed by atoms with Crippen LogP contribution < -0.4 is 10.5 Å². The number of primary amides is 1. The highest BCUT2D eigenvalue weighted by Gasteiger charge is 2.14. The van der Waals surface area contributed by atoms with Gasteiger partial charge in [-0.05, 0) is 62.2 Å². The Morgan fingerprint density at radius 1 is 1.07 bits per heavy atom. The molecule has 2 N–H and O–H groups in total. The van der Waals surface area contributed by atoms with Crippen LogP contribution >= 0.6 is 0 Å². The van der Waals surface area contributed by atoms with Crippen molar-refractivity contribution in [2.75, 3.05) is 6.61 Å². The van der Waals surface area contributed by atoms with Gasteiger partial charge in [-0.15, -0.1) is 0 Å². The molecule has 0 radical (unpaired) electrons. The Balaban J connectivity index is 0.00000155. The van der Waals surface area contributed by atoms with E-state index in [4.69, 9.17) is 19.6 Å². The molecule has 0 saturated heterocycles. The van der Waals surface area contributed by atoms with Crippen LogP contribution in [0, 0.1) is 13.8 Å². The van der Waals surface area contributed by atoms with Crippen LogP contribution in [0.1, 0.15) is 53.6 Å². The van der Waals surface area contributed by atoms with Crippen LogP contribution in [0.2, 0.25) is 0 Å². The van der Waals surface area contributed by atoms with E-state index in [1.165, 1.54) is 0 Å². The Morgan fingerprint density at radius 3 is 2.47 bits per heavy atom. The molecule has 6 nitrogen and oxygen atoms in total. The number of benzene rings is 2. The second-order valence-electron chi connectivity index (χ2n) is 6.65. The molecule has 0 spiro atoms. The summed E-state index contributed by atoms with van der Waals surface area (Å²) >= 11 is 0. The van der Waals surface area contributed by atoms with E-state index in [0.29, 0.717) is 23.5 Å². The molecule has 1 amide bonds. The maximum atomic E-state index is 11.9. The summed E-state index contributed by atoms with van der Waals surface area (Å²) in [5, 5.41) is 1.01. The van der Waals surface area contributed by atoms with Crippen molar-refractivity contribution in [2.24, 2.45) is 5.73 Å². The van der Waals surface area contributed by atoms with Crippen molar-refractivity contribution < 1.29 is 23.5 Å². The molecular formula is C24H29NO5. The number of furan rings is 1. The molecule has 0 aliphatic carbocycles. The van der Waals surface area contributed by atoms with Gasteiger partial charge in [-0.2, -0.15) is 0 Å². The third kappa shape index (κ3) is 5.63. The fraction of sp³-hybridized carbons (Fsp3) is 0.333. The zero-order chi connectivity index (χ0) is 22.3. The van der Waals surface area contributed by atoms with Crippen molar-refractivity contribution in [3.8, 4) is 5.75 Å². The number of hydrogen-bond acceptors (Lipinski definition) is 5. The van der Waals surface area contributed by atoms with Gasteiger partial charge in [-0.3, -0.25) is 9.59 Å². The smallest absolute Gasteiger partial charge is 0.310 e. The van der Waals surface area contributed by atoms with Gasteiger partial charge in [0.2, 0.25) is 5.91 Å². The number of ether oxygens (including phenoxy) is 2. The van der Waals surface area contributed by atoms with E-state index in [2.05, 4.69) is 0 Å². The summed E-state index contributed by atoms with van der Waals surface area (Å²) in [5.41, 5.74) is 9.17. The Kier molecular flexibility index (Phi) is 8.04. The number of amides is 1. The number of carbonyl (C=O) groups is 2. The molecule has 6 heteroatoms. The average molecular weight is 411 g/mol. The molecule has 2 aromatic carbocycles. The van der Waals surface area contributed by atoms with Crippen LogP contribution in [0.3, 0.4) is 0 Å². The first-order chi connectivity index (χ1) is 14.4. The van der Waals surface area contributed by atoms with E-state index >= 15 is 0 Å². The van der Waals surface area contributed by atoms with Crippen molar-refractivity contribution in [2.45, 2.75) is 47.6 Å². The van der Waals surface area contributed by atoms with E-state index < -0.39 is 5.91 Å². The quantitative estimate of drug-likeness (QED) is 0.561. The number of fused-ring (bicyclic) bond motifs is 1. The minimum Gasteiger partial charge on any atom is -0.489 e. The number of rotatable bonds is 7. The second kappa shape index (κ2) is 10.5. The fourth-order valence-electron chi connectivity index (χ4n) is 3.13. The van der Waals surface area contributed by atoms with Gasteiger partial charge in [0.25, 0.3) is 0 Å².